The number of rotatable bonds is 10. The van der Waals surface area contributed by atoms with Gasteiger partial charge >= 0.3 is 0 Å². The Morgan fingerprint density at radius 1 is 0.571 bits per heavy atom. The van der Waals surface area contributed by atoms with Crippen LogP contribution in [-0.2, 0) is 9.59 Å². The van der Waals surface area contributed by atoms with Crippen LogP contribution in [0, 0.1) is 0 Å². The lowest BCUT2D eigenvalue weighted by Gasteiger charge is -2.25. The lowest BCUT2D eigenvalue weighted by Crippen LogP contribution is -2.41. The van der Waals surface area contributed by atoms with Gasteiger partial charge in [0.1, 0.15) is 0 Å². The van der Waals surface area contributed by atoms with E-state index >= 15 is 0 Å². The average molecular weight is 574 g/mol. The van der Waals surface area contributed by atoms with E-state index in [4.69, 9.17) is 4.98 Å². The lowest BCUT2D eigenvalue weighted by molar-refractivity contribution is -0.117. The standard InChI is InChI=1S/C33H47N7O2/c41-32(15-17-34-39-19-7-3-1-4-8-20-39)36-28-13-11-26-23-27-12-14-29(25-31(27)38-30(26)24-28)37-33(42)16-18-35-40-21-9-5-2-6-10-22-40/h11-14,23-25,34-35H,1-10,15-22H2,(H,36,41)(H,37,42). The van der Waals surface area contributed by atoms with Gasteiger partial charge in [-0.3, -0.25) is 20.4 Å². The number of nitrogens with zero attached hydrogens (tertiary/aromatic N) is 3. The molecule has 226 valence electrons. The second-order valence-corrected chi connectivity index (χ2v) is 11.7. The Labute approximate surface area is 249 Å². The van der Waals surface area contributed by atoms with Gasteiger partial charge in [0.2, 0.25) is 11.8 Å². The van der Waals surface area contributed by atoms with Crippen molar-refractivity contribution in [2.24, 2.45) is 0 Å². The molecule has 9 heteroatoms. The van der Waals surface area contributed by atoms with Crippen molar-refractivity contribution in [1.29, 1.82) is 0 Å². The SMILES string of the molecule is O=C(CCNN1CCCCCCC1)Nc1ccc2cc3ccc(NC(=O)CCNN4CCCCCCC4)cc3nc2c1. The molecule has 2 aliphatic rings. The highest BCUT2D eigenvalue weighted by Gasteiger charge is 2.11. The predicted molar refractivity (Wildman–Crippen MR) is 171 cm³/mol. The Balaban J connectivity index is 1.12. The van der Waals surface area contributed by atoms with Crippen LogP contribution >= 0.6 is 0 Å². The van der Waals surface area contributed by atoms with E-state index in [2.05, 4.69) is 37.6 Å². The zero-order valence-electron chi connectivity index (χ0n) is 24.9. The van der Waals surface area contributed by atoms with Crippen molar-refractivity contribution in [3.05, 3.63) is 42.5 Å². The summed E-state index contributed by atoms with van der Waals surface area (Å²) in [6, 6.07) is 13.8. The topological polar surface area (TPSA) is 102 Å². The minimum absolute atomic E-state index is 0.0134. The Hall–Kier alpha value is -3.11. The van der Waals surface area contributed by atoms with Crippen LogP contribution in [0.25, 0.3) is 21.8 Å². The van der Waals surface area contributed by atoms with E-state index in [1.807, 2.05) is 36.4 Å². The summed E-state index contributed by atoms with van der Waals surface area (Å²) in [5.41, 5.74) is 9.95. The van der Waals surface area contributed by atoms with Gasteiger partial charge in [0, 0.05) is 74.3 Å². The number of hydrazine groups is 2. The highest BCUT2D eigenvalue weighted by atomic mass is 16.2. The zero-order valence-corrected chi connectivity index (χ0v) is 24.9. The maximum atomic E-state index is 12.6. The number of anilines is 2. The minimum Gasteiger partial charge on any atom is -0.326 e. The van der Waals surface area contributed by atoms with Gasteiger partial charge in [-0.05, 0) is 56.0 Å². The van der Waals surface area contributed by atoms with Crippen molar-refractivity contribution in [1.82, 2.24) is 25.9 Å². The van der Waals surface area contributed by atoms with Crippen LogP contribution in [0.1, 0.15) is 77.0 Å². The Morgan fingerprint density at radius 3 is 1.40 bits per heavy atom. The maximum Gasteiger partial charge on any atom is 0.225 e. The molecule has 2 fully saturated rings. The van der Waals surface area contributed by atoms with E-state index in [0.717, 1.165) is 59.4 Å². The van der Waals surface area contributed by atoms with E-state index in [1.165, 1.54) is 64.2 Å². The molecule has 0 unspecified atom stereocenters. The van der Waals surface area contributed by atoms with E-state index in [9.17, 15) is 9.59 Å². The summed E-state index contributed by atoms with van der Waals surface area (Å²) in [6.07, 6.45) is 13.5. The first-order valence-corrected chi connectivity index (χ1v) is 16.0. The summed E-state index contributed by atoms with van der Waals surface area (Å²) in [4.78, 5) is 30.1. The molecule has 2 amide bonds. The molecule has 0 spiro atoms. The highest BCUT2D eigenvalue weighted by Crippen LogP contribution is 2.25. The number of hydrogen-bond acceptors (Lipinski definition) is 7. The Morgan fingerprint density at radius 2 is 0.976 bits per heavy atom. The normalized spacial score (nSPS) is 17.7. The molecule has 5 rings (SSSR count). The van der Waals surface area contributed by atoms with E-state index in [0.29, 0.717) is 25.9 Å². The fraction of sp³-hybridized carbons (Fsp3) is 0.545. The van der Waals surface area contributed by atoms with E-state index in [-0.39, 0.29) is 11.8 Å². The van der Waals surface area contributed by atoms with Crippen molar-refractivity contribution in [2.75, 3.05) is 49.9 Å². The summed E-state index contributed by atoms with van der Waals surface area (Å²) < 4.78 is 0. The van der Waals surface area contributed by atoms with Crippen molar-refractivity contribution < 1.29 is 9.59 Å². The van der Waals surface area contributed by atoms with Crippen LogP contribution < -0.4 is 21.5 Å². The predicted octanol–water partition coefficient (Wildman–Crippen LogP) is 5.59. The van der Waals surface area contributed by atoms with Crippen LogP contribution in [0.2, 0.25) is 0 Å². The zero-order chi connectivity index (χ0) is 29.0. The van der Waals surface area contributed by atoms with Crippen molar-refractivity contribution >= 4 is 45.0 Å². The molecule has 0 aliphatic carbocycles. The molecule has 1 aromatic heterocycles. The first-order valence-electron chi connectivity index (χ1n) is 16.0. The van der Waals surface area contributed by atoms with E-state index in [1.54, 1.807) is 0 Å². The molecule has 0 atom stereocenters. The second-order valence-electron chi connectivity index (χ2n) is 11.7. The quantitative estimate of drug-likeness (QED) is 0.235. The number of nitrogens with one attached hydrogen (secondary N) is 4. The number of carbonyl (C=O) groups is 2. The second kappa shape index (κ2) is 15.9. The van der Waals surface area contributed by atoms with Gasteiger partial charge in [-0.25, -0.2) is 15.0 Å². The molecule has 2 saturated heterocycles. The highest BCUT2D eigenvalue weighted by molar-refractivity contribution is 5.99. The molecule has 2 aromatic carbocycles. The fourth-order valence-electron chi connectivity index (χ4n) is 5.89. The largest absolute Gasteiger partial charge is 0.326 e. The summed E-state index contributed by atoms with van der Waals surface area (Å²) in [5.74, 6) is -0.0268. The molecular weight excluding hydrogens is 526 g/mol. The summed E-state index contributed by atoms with van der Waals surface area (Å²) in [5, 5.41) is 12.6. The summed E-state index contributed by atoms with van der Waals surface area (Å²) in [7, 11) is 0. The number of amides is 2. The number of carbonyl (C=O) groups excluding carboxylic acids is 2. The van der Waals surface area contributed by atoms with Crippen molar-refractivity contribution in [3.63, 3.8) is 0 Å². The Kier molecular flexibility index (Phi) is 11.5. The molecule has 3 heterocycles. The smallest absolute Gasteiger partial charge is 0.225 e. The van der Waals surface area contributed by atoms with Gasteiger partial charge in [0.25, 0.3) is 0 Å². The third kappa shape index (κ3) is 9.46. The molecule has 0 radical (unpaired) electrons. The van der Waals surface area contributed by atoms with Gasteiger partial charge in [-0.2, -0.15) is 0 Å². The molecule has 2 aliphatic heterocycles. The summed E-state index contributed by atoms with van der Waals surface area (Å²) >= 11 is 0. The van der Waals surface area contributed by atoms with Crippen LogP contribution in [0.15, 0.2) is 42.5 Å². The molecule has 4 N–H and O–H groups in total. The average Bonchev–Trinajstić information content (AvgIpc) is 2.94. The minimum atomic E-state index is -0.0134. The first kappa shape index (κ1) is 30.4. The number of benzene rings is 2. The summed E-state index contributed by atoms with van der Waals surface area (Å²) in [6.45, 7) is 5.46. The van der Waals surface area contributed by atoms with Gasteiger partial charge < -0.3 is 10.6 Å². The molecule has 9 nitrogen and oxygen atoms in total. The fourth-order valence-corrected chi connectivity index (χ4v) is 5.89. The van der Waals surface area contributed by atoms with Gasteiger partial charge in [0.15, 0.2) is 0 Å². The van der Waals surface area contributed by atoms with Crippen LogP contribution in [-0.4, -0.2) is 66.1 Å². The number of pyridine rings is 1. The monoisotopic (exact) mass is 573 g/mol. The molecule has 0 saturated carbocycles. The van der Waals surface area contributed by atoms with Crippen molar-refractivity contribution in [3.8, 4) is 0 Å². The third-order valence-corrected chi connectivity index (χ3v) is 8.27. The Bertz CT molecular complexity index is 1220. The van der Waals surface area contributed by atoms with Crippen molar-refractivity contribution in [2.45, 2.75) is 77.0 Å². The van der Waals surface area contributed by atoms with Crippen LogP contribution in [0.5, 0.6) is 0 Å². The number of hydrogen-bond donors (Lipinski definition) is 4. The molecule has 3 aromatic rings. The first-order chi connectivity index (χ1) is 20.6. The van der Waals surface area contributed by atoms with Crippen LogP contribution in [0.3, 0.4) is 0 Å². The van der Waals surface area contributed by atoms with Gasteiger partial charge in [0.05, 0.1) is 11.0 Å². The third-order valence-electron chi connectivity index (χ3n) is 8.27. The molecular formula is C33H47N7O2. The number of fused-ring (bicyclic) bond motifs is 2. The molecule has 0 bridgehead atoms. The van der Waals surface area contributed by atoms with Crippen LogP contribution in [0.4, 0.5) is 11.4 Å². The maximum absolute atomic E-state index is 12.6. The number of aromatic nitrogens is 1. The van der Waals surface area contributed by atoms with Gasteiger partial charge in [-0.15, -0.1) is 0 Å². The van der Waals surface area contributed by atoms with Gasteiger partial charge in [-0.1, -0.05) is 50.7 Å². The molecule has 42 heavy (non-hydrogen) atoms. The van der Waals surface area contributed by atoms with E-state index < -0.39 is 0 Å². The lowest BCUT2D eigenvalue weighted by atomic mass is 10.1.